The molecule has 1 heterocycles. The van der Waals surface area contributed by atoms with Gasteiger partial charge in [-0.15, -0.1) is 0 Å². The molecule has 0 radical (unpaired) electrons. The number of aliphatic carboxylic acids is 1. The van der Waals surface area contributed by atoms with Gasteiger partial charge in [0.2, 0.25) is 0 Å². The highest BCUT2D eigenvalue weighted by Crippen LogP contribution is 2.35. The van der Waals surface area contributed by atoms with Gasteiger partial charge in [0.1, 0.15) is 0 Å². The first-order valence-electron chi connectivity index (χ1n) is 6.74. The number of rotatable bonds is 3. The number of nitrogens with one attached hydrogen (secondary N) is 1. The van der Waals surface area contributed by atoms with Crippen LogP contribution < -0.4 is 0 Å². The summed E-state index contributed by atoms with van der Waals surface area (Å²) in [5.74, 6) is -0.878. The van der Waals surface area contributed by atoms with Crippen LogP contribution in [0.4, 0.5) is 0 Å². The number of aromatic nitrogens is 1. The zero-order chi connectivity index (χ0) is 15.9. The zero-order valence-electron chi connectivity index (χ0n) is 11.8. The van der Waals surface area contributed by atoms with Crippen molar-refractivity contribution in [2.45, 2.75) is 13.3 Å². The Balaban J connectivity index is 2.33. The zero-order valence-corrected chi connectivity index (χ0v) is 13.3. The van der Waals surface area contributed by atoms with E-state index in [9.17, 15) is 9.90 Å². The predicted octanol–water partition coefficient (Wildman–Crippen LogP) is 5.08. The molecule has 5 heteroatoms. The molecule has 0 bridgehead atoms. The Morgan fingerprint density at radius 2 is 2.00 bits per heavy atom. The molecule has 0 saturated heterocycles. The summed E-state index contributed by atoms with van der Waals surface area (Å²) in [7, 11) is 0. The fourth-order valence-corrected chi connectivity index (χ4v) is 3.01. The molecule has 0 unspecified atom stereocenters. The summed E-state index contributed by atoms with van der Waals surface area (Å²) in [6, 6.07) is 11.0. The van der Waals surface area contributed by atoms with Crippen molar-refractivity contribution in [3.05, 3.63) is 57.6 Å². The normalized spacial score (nSPS) is 11.0. The average Bonchev–Trinajstić information content (AvgIpc) is 2.82. The number of carboxylic acids is 1. The molecule has 0 aliphatic rings. The highest BCUT2D eigenvalue weighted by molar-refractivity contribution is 6.32. The smallest absolute Gasteiger partial charge is 0.307 e. The van der Waals surface area contributed by atoms with E-state index in [1.165, 1.54) is 0 Å². The summed E-state index contributed by atoms with van der Waals surface area (Å²) in [6.45, 7) is 1.91. The third kappa shape index (κ3) is 2.58. The molecular formula is C17H13Cl2NO2. The Kier molecular flexibility index (Phi) is 3.85. The minimum atomic E-state index is -0.878. The maximum absolute atomic E-state index is 11.2. The molecule has 0 aliphatic heterocycles. The first kappa shape index (κ1) is 14.9. The first-order valence-corrected chi connectivity index (χ1v) is 7.50. The molecule has 0 fully saturated rings. The second-order valence-corrected chi connectivity index (χ2v) is 6.00. The molecule has 112 valence electrons. The van der Waals surface area contributed by atoms with Crippen LogP contribution >= 0.6 is 23.2 Å². The maximum Gasteiger partial charge on any atom is 0.307 e. The van der Waals surface area contributed by atoms with Crippen LogP contribution in [0.25, 0.3) is 22.2 Å². The van der Waals surface area contributed by atoms with Crippen molar-refractivity contribution in [3.63, 3.8) is 0 Å². The molecule has 1 aromatic heterocycles. The van der Waals surface area contributed by atoms with Crippen LogP contribution in [0, 0.1) is 6.92 Å². The van der Waals surface area contributed by atoms with Crippen LogP contribution in [0.15, 0.2) is 36.4 Å². The van der Waals surface area contributed by atoms with Gasteiger partial charge in [-0.1, -0.05) is 41.4 Å². The lowest BCUT2D eigenvalue weighted by molar-refractivity contribution is -0.136. The first-order chi connectivity index (χ1) is 10.5. The van der Waals surface area contributed by atoms with E-state index in [1.807, 2.05) is 31.2 Å². The van der Waals surface area contributed by atoms with Gasteiger partial charge in [-0.25, -0.2) is 0 Å². The number of carbonyl (C=O) groups is 1. The van der Waals surface area contributed by atoms with E-state index < -0.39 is 5.97 Å². The second kappa shape index (κ2) is 5.67. The van der Waals surface area contributed by atoms with Crippen LogP contribution in [0.3, 0.4) is 0 Å². The molecule has 3 rings (SSSR count). The predicted molar refractivity (Wildman–Crippen MR) is 89.8 cm³/mol. The molecule has 0 aliphatic carbocycles. The fraction of sp³-hybridized carbons (Fsp3) is 0.118. The average molecular weight is 334 g/mol. The van der Waals surface area contributed by atoms with Gasteiger partial charge in [-0.2, -0.15) is 0 Å². The third-order valence-corrected chi connectivity index (χ3v) is 4.36. The molecule has 2 N–H and O–H groups in total. The number of H-pyrrole nitrogens is 1. The quantitative estimate of drug-likeness (QED) is 0.702. The number of hydrogen-bond acceptors (Lipinski definition) is 1. The van der Waals surface area contributed by atoms with Gasteiger partial charge in [-0.3, -0.25) is 4.79 Å². The summed E-state index contributed by atoms with van der Waals surface area (Å²) in [6.07, 6.45) is -0.0665. The van der Waals surface area contributed by atoms with Gasteiger partial charge < -0.3 is 10.1 Å². The number of fused-ring (bicyclic) bond motifs is 1. The number of halogens is 2. The lowest BCUT2D eigenvalue weighted by atomic mass is 10.0. The Morgan fingerprint density at radius 3 is 2.68 bits per heavy atom. The SMILES string of the molecule is Cc1c(Cl)ccc2c(CC(=O)O)c(-c3cccc(Cl)c3)[nH]c12. The van der Waals surface area contributed by atoms with Gasteiger partial charge >= 0.3 is 5.97 Å². The minimum absolute atomic E-state index is 0.0665. The molecular weight excluding hydrogens is 321 g/mol. The van der Waals surface area contributed by atoms with Crippen molar-refractivity contribution in [1.82, 2.24) is 4.98 Å². The molecule has 2 aromatic carbocycles. The van der Waals surface area contributed by atoms with E-state index in [1.54, 1.807) is 12.1 Å². The van der Waals surface area contributed by atoms with Crippen molar-refractivity contribution < 1.29 is 9.90 Å². The van der Waals surface area contributed by atoms with Gasteiger partial charge in [0.15, 0.2) is 0 Å². The lowest BCUT2D eigenvalue weighted by Crippen LogP contribution is -2.00. The van der Waals surface area contributed by atoms with E-state index in [0.717, 1.165) is 33.3 Å². The number of aryl methyl sites for hydroxylation is 1. The Morgan fingerprint density at radius 1 is 1.23 bits per heavy atom. The maximum atomic E-state index is 11.2. The molecule has 22 heavy (non-hydrogen) atoms. The van der Waals surface area contributed by atoms with Crippen LogP contribution in [0.5, 0.6) is 0 Å². The highest BCUT2D eigenvalue weighted by Gasteiger charge is 2.18. The highest BCUT2D eigenvalue weighted by atomic mass is 35.5. The van der Waals surface area contributed by atoms with Crippen molar-refractivity contribution in [3.8, 4) is 11.3 Å². The molecule has 3 aromatic rings. The second-order valence-electron chi connectivity index (χ2n) is 5.15. The number of carboxylic acid groups (broad SMARTS) is 1. The van der Waals surface area contributed by atoms with Crippen molar-refractivity contribution in [1.29, 1.82) is 0 Å². The minimum Gasteiger partial charge on any atom is -0.481 e. The largest absolute Gasteiger partial charge is 0.481 e. The third-order valence-electron chi connectivity index (χ3n) is 3.72. The van der Waals surface area contributed by atoms with E-state index >= 15 is 0 Å². The van der Waals surface area contributed by atoms with Gasteiger partial charge in [-0.05, 0) is 41.8 Å². The Hall–Kier alpha value is -1.97. The van der Waals surface area contributed by atoms with E-state index in [4.69, 9.17) is 23.2 Å². The topological polar surface area (TPSA) is 53.1 Å². The monoisotopic (exact) mass is 333 g/mol. The van der Waals surface area contributed by atoms with Crippen LogP contribution in [0.1, 0.15) is 11.1 Å². The molecule has 0 atom stereocenters. The summed E-state index contributed by atoms with van der Waals surface area (Å²) in [4.78, 5) is 14.6. The van der Waals surface area contributed by atoms with Crippen molar-refractivity contribution >= 4 is 40.1 Å². The Labute approximate surface area is 137 Å². The van der Waals surface area contributed by atoms with Crippen LogP contribution in [-0.2, 0) is 11.2 Å². The van der Waals surface area contributed by atoms with Gasteiger partial charge in [0.05, 0.1) is 17.6 Å². The Bertz CT molecular complexity index is 884. The fourth-order valence-electron chi connectivity index (χ4n) is 2.66. The molecule has 0 amide bonds. The van der Waals surface area contributed by atoms with Gasteiger partial charge in [0, 0.05) is 15.4 Å². The van der Waals surface area contributed by atoms with Crippen LogP contribution in [-0.4, -0.2) is 16.1 Å². The summed E-state index contributed by atoms with van der Waals surface area (Å²) in [5.41, 5.74) is 4.13. The molecule has 0 spiro atoms. The van der Waals surface area contributed by atoms with Gasteiger partial charge in [0.25, 0.3) is 0 Å². The number of benzene rings is 2. The van der Waals surface area contributed by atoms with Crippen molar-refractivity contribution in [2.24, 2.45) is 0 Å². The summed E-state index contributed by atoms with van der Waals surface area (Å²) in [5, 5.41) is 11.4. The van der Waals surface area contributed by atoms with Crippen LogP contribution in [0.2, 0.25) is 10.0 Å². The van der Waals surface area contributed by atoms with Crippen molar-refractivity contribution in [2.75, 3.05) is 0 Å². The number of hydrogen-bond donors (Lipinski definition) is 2. The number of aromatic amines is 1. The standard InChI is InChI=1S/C17H13Cl2NO2/c1-9-14(19)6-5-12-13(8-15(21)22)17(20-16(9)12)10-3-2-4-11(18)7-10/h2-7,20H,8H2,1H3,(H,21,22). The molecule has 0 saturated carbocycles. The summed E-state index contributed by atoms with van der Waals surface area (Å²) >= 11 is 12.2. The van der Waals surface area contributed by atoms with E-state index in [0.29, 0.717) is 10.0 Å². The summed E-state index contributed by atoms with van der Waals surface area (Å²) < 4.78 is 0. The van der Waals surface area contributed by atoms with E-state index in [-0.39, 0.29) is 6.42 Å². The van der Waals surface area contributed by atoms with E-state index in [2.05, 4.69) is 4.98 Å². The lowest BCUT2D eigenvalue weighted by Gasteiger charge is -2.03. The molecule has 3 nitrogen and oxygen atoms in total.